The molecular formula is C24H32BrN5O2. The number of H-pyrrole nitrogens is 1. The largest absolute Gasteiger partial charge is 0.322 e. The van der Waals surface area contributed by atoms with E-state index in [-0.39, 0.29) is 22.8 Å². The number of nitrogens with zero attached hydrogens (tertiary/aromatic N) is 2. The molecule has 4 rings (SSSR count). The number of fused-ring (bicyclic) bond motifs is 1. The third kappa shape index (κ3) is 3.43. The predicted molar refractivity (Wildman–Crippen MR) is 129 cm³/mol. The van der Waals surface area contributed by atoms with Crippen molar-refractivity contribution in [3.05, 3.63) is 39.5 Å². The van der Waals surface area contributed by atoms with Crippen LogP contribution < -0.4 is 10.6 Å². The number of urea groups is 1. The Morgan fingerprint density at radius 2 is 1.88 bits per heavy atom. The average Bonchev–Trinajstić information content (AvgIpc) is 3.14. The number of aromatic amines is 1. The van der Waals surface area contributed by atoms with Crippen molar-refractivity contribution in [2.75, 3.05) is 10.6 Å². The second-order valence-corrected chi connectivity index (χ2v) is 11.4. The van der Waals surface area contributed by atoms with E-state index in [4.69, 9.17) is 0 Å². The monoisotopic (exact) mass is 501 g/mol. The molecule has 172 valence electrons. The number of rotatable bonds is 3. The van der Waals surface area contributed by atoms with Gasteiger partial charge in [0.15, 0.2) is 5.82 Å². The average molecular weight is 502 g/mol. The van der Waals surface area contributed by atoms with Gasteiger partial charge in [0.2, 0.25) is 5.91 Å². The summed E-state index contributed by atoms with van der Waals surface area (Å²) in [5, 5.41) is 13.6. The van der Waals surface area contributed by atoms with Crippen molar-refractivity contribution in [3.63, 3.8) is 0 Å². The van der Waals surface area contributed by atoms with Crippen molar-refractivity contribution >= 4 is 39.4 Å². The molecule has 0 bridgehead atoms. The molecule has 0 saturated heterocycles. The molecule has 2 heterocycles. The van der Waals surface area contributed by atoms with Gasteiger partial charge in [0, 0.05) is 10.0 Å². The molecule has 0 radical (unpaired) electrons. The normalized spacial score (nSPS) is 18.7. The molecule has 32 heavy (non-hydrogen) atoms. The number of halogens is 1. The van der Waals surface area contributed by atoms with E-state index < -0.39 is 5.54 Å². The smallest absolute Gasteiger partial charge is 0.309 e. The topological polar surface area (TPSA) is 90.1 Å². The molecule has 1 aliphatic heterocycles. The highest BCUT2D eigenvalue weighted by molar-refractivity contribution is 9.10. The zero-order valence-corrected chi connectivity index (χ0v) is 21.2. The Morgan fingerprint density at radius 3 is 2.44 bits per heavy atom. The highest BCUT2D eigenvalue weighted by Crippen LogP contribution is 2.54. The van der Waals surface area contributed by atoms with Crippen LogP contribution in [0.5, 0.6) is 0 Å². The molecule has 1 aromatic heterocycles. The van der Waals surface area contributed by atoms with Gasteiger partial charge in [0.25, 0.3) is 0 Å². The zero-order valence-electron chi connectivity index (χ0n) is 19.6. The first-order chi connectivity index (χ1) is 14.9. The Morgan fingerprint density at radius 1 is 1.19 bits per heavy atom. The van der Waals surface area contributed by atoms with E-state index in [1.165, 1.54) is 0 Å². The van der Waals surface area contributed by atoms with Gasteiger partial charge in [-0.25, -0.2) is 4.79 Å². The van der Waals surface area contributed by atoms with E-state index in [1.54, 1.807) is 4.90 Å². The van der Waals surface area contributed by atoms with Crippen molar-refractivity contribution < 1.29 is 9.59 Å². The minimum absolute atomic E-state index is 0.0232. The second kappa shape index (κ2) is 7.61. The molecule has 0 spiro atoms. The van der Waals surface area contributed by atoms with Gasteiger partial charge in [0.05, 0.1) is 28.9 Å². The molecule has 3 N–H and O–H groups in total. The van der Waals surface area contributed by atoms with Crippen LogP contribution in [0.4, 0.5) is 16.3 Å². The van der Waals surface area contributed by atoms with E-state index >= 15 is 0 Å². The molecule has 1 aliphatic carbocycles. The number of hydrogen-bond acceptors (Lipinski definition) is 3. The lowest BCUT2D eigenvalue weighted by Gasteiger charge is -2.49. The molecule has 1 saturated carbocycles. The lowest BCUT2D eigenvalue weighted by Crippen LogP contribution is -2.51. The van der Waals surface area contributed by atoms with Gasteiger partial charge in [-0.2, -0.15) is 5.10 Å². The van der Waals surface area contributed by atoms with Crippen LogP contribution in [0.15, 0.2) is 22.7 Å². The van der Waals surface area contributed by atoms with Crippen molar-refractivity contribution in [1.29, 1.82) is 0 Å². The molecule has 1 aromatic carbocycles. The summed E-state index contributed by atoms with van der Waals surface area (Å²) in [6.45, 7) is 12.7. The van der Waals surface area contributed by atoms with E-state index in [1.807, 2.05) is 39.0 Å². The van der Waals surface area contributed by atoms with Crippen LogP contribution in [0.3, 0.4) is 0 Å². The first-order valence-corrected chi connectivity index (χ1v) is 11.9. The summed E-state index contributed by atoms with van der Waals surface area (Å²) in [7, 11) is 0. The fourth-order valence-electron chi connectivity index (χ4n) is 4.98. The standard InChI is InChI=1S/C24H32BrN5O2/c1-14-9-7-10-16(25)17(14)26-21(32)30-13-15-18(23(30,5)6)28-29-19(15)27-20(31)24(11-8-12-24)22(2,3)4/h7,9-10H,8,11-13H2,1-6H3,(H,26,32)(H2,27,28,29,31). The molecule has 3 amide bonds. The van der Waals surface area contributed by atoms with Crippen molar-refractivity contribution in [3.8, 4) is 0 Å². The number of carbonyl (C=O) groups excluding carboxylic acids is 2. The fraction of sp³-hybridized carbons (Fsp3) is 0.542. The second-order valence-electron chi connectivity index (χ2n) is 10.6. The number of aromatic nitrogens is 2. The van der Waals surface area contributed by atoms with E-state index in [0.717, 1.165) is 46.2 Å². The quantitative estimate of drug-likeness (QED) is 0.487. The lowest BCUT2D eigenvalue weighted by atomic mass is 9.54. The van der Waals surface area contributed by atoms with Crippen LogP contribution in [0.1, 0.15) is 70.7 Å². The third-order valence-corrected chi connectivity index (χ3v) is 8.14. The number of benzene rings is 1. The number of amides is 3. The molecule has 8 heteroatoms. The van der Waals surface area contributed by atoms with Crippen molar-refractivity contribution in [1.82, 2.24) is 15.1 Å². The van der Waals surface area contributed by atoms with Crippen LogP contribution in [0.2, 0.25) is 0 Å². The van der Waals surface area contributed by atoms with Crippen molar-refractivity contribution in [2.24, 2.45) is 10.8 Å². The summed E-state index contributed by atoms with van der Waals surface area (Å²) in [6, 6.07) is 5.61. The van der Waals surface area contributed by atoms with Gasteiger partial charge in [-0.1, -0.05) is 39.3 Å². The summed E-state index contributed by atoms with van der Waals surface area (Å²) < 4.78 is 0.837. The molecule has 0 unspecified atom stereocenters. The zero-order chi connectivity index (χ0) is 23.5. The van der Waals surface area contributed by atoms with Crippen LogP contribution in [-0.2, 0) is 16.9 Å². The molecule has 2 aromatic rings. The first-order valence-electron chi connectivity index (χ1n) is 11.1. The number of para-hydroxylation sites is 1. The van der Waals surface area contributed by atoms with Crippen LogP contribution in [0, 0.1) is 17.8 Å². The summed E-state index contributed by atoms with van der Waals surface area (Å²) >= 11 is 3.52. The maximum atomic E-state index is 13.3. The molecule has 0 atom stereocenters. The lowest BCUT2D eigenvalue weighted by molar-refractivity contribution is -0.139. The number of nitrogens with one attached hydrogen (secondary N) is 3. The number of aryl methyl sites for hydroxylation is 1. The SMILES string of the molecule is Cc1cccc(Br)c1NC(=O)N1Cc2c(NC(=O)C3(C(C)(C)C)CCC3)n[nH]c2C1(C)C. The summed E-state index contributed by atoms with van der Waals surface area (Å²) in [5.41, 5.74) is 2.36. The summed E-state index contributed by atoms with van der Waals surface area (Å²) in [4.78, 5) is 28.3. The fourth-order valence-corrected chi connectivity index (χ4v) is 5.55. The highest BCUT2D eigenvalue weighted by Gasteiger charge is 2.53. The third-order valence-electron chi connectivity index (χ3n) is 7.48. The number of carbonyl (C=O) groups is 2. The van der Waals surface area contributed by atoms with E-state index in [9.17, 15) is 9.59 Å². The Hall–Kier alpha value is -2.35. The maximum absolute atomic E-state index is 13.3. The maximum Gasteiger partial charge on any atom is 0.322 e. The Kier molecular flexibility index (Phi) is 5.43. The van der Waals surface area contributed by atoms with Gasteiger partial charge in [-0.15, -0.1) is 0 Å². The minimum Gasteiger partial charge on any atom is -0.309 e. The molecular weight excluding hydrogens is 470 g/mol. The van der Waals surface area contributed by atoms with E-state index in [2.05, 4.69) is 57.5 Å². The first kappa shape index (κ1) is 22.8. The van der Waals surface area contributed by atoms with Gasteiger partial charge in [-0.05, 0) is 66.6 Å². The van der Waals surface area contributed by atoms with E-state index in [0.29, 0.717) is 12.4 Å². The van der Waals surface area contributed by atoms with Gasteiger partial charge >= 0.3 is 6.03 Å². The van der Waals surface area contributed by atoms with Crippen LogP contribution in [0.25, 0.3) is 0 Å². The molecule has 7 nitrogen and oxygen atoms in total. The van der Waals surface area contributed by atoms with Gasteiger partial charge in [0.1, 0.15) is 0 Å². The molecule has 2 aliphatic rings. The minimum atomic E-state index is -0.595. The Labute approximate surface area is 197 Å². The highest BCUT2D eigenvalue weighted by atomic mass is 79.9. The molecule has 1 fully saturated rings. The van der Waals surface area contributed by atoms with Gasteiger partial charge < -0.3 is 15.5 Å². The van der Waals surface area contributed by atoms with Crippen LogP contribution >= 0.6 is 15.9 Å². The van der Waals surface area contributed by atoms with Gasteiger partial charge in [-0.3, -0.25) is 9.89 Å². The van der Waals surface area contributed by atoms with Crippen molar-refractivity contribution in [2.45, 2.75) is 72.9 Å². The predicted octanol–water partition coefficient (Wildman–Crippen LogP) is 5.92. The van der Waals surface area contributed by atoms with Crippen LogP contribution in [-0.4, -0.2) is 27.0 Å². The number of hydrogen-bond donors (Lipinski definition) is 3. The summed E-state index contributed by atoms with van der Waals surface area (Å²) in [6.07, 6.45) is 2.85. The number of anilines is 2. The summed E-state index contributed by atoms with van der Waals surface area (Å²) in [5.74, 6) is 0.552. The Balaban J connectivity index is 1.56. The Bertz CT molecular complexity index is 1060.